The molecule has 0 unspecified atom stereocenters. The first-order valence-corrected chi connectivity index (χ1v) is 8.36. The van der Waals surface area contributed by atoms with Crippen molar-refractivity contribution in [3.8, 4) is 0 Å². The van der Waals surface area contributed by atoms with Crippen molar-refractivity contribution in [3.63, 3.8) is 0 Å². The Kier molecular flexibility index (Phi) is 5.44. The summed E-state index contributed by atoms with van der Waals surface area (Å²) in [7, 11) is 0. The number of hydrogen-bond acceptors (Lipinski definition) is 2. The number of carbonyl (C=O) groups is 2. The number of hydrogen-bond donors (Lipinski definition) is 0. The van der Waals surface area contributed by atoms with Crippen molar-refractivity contribution in [2.45, 2.75) is 6.92 Å². The highest BCUT2D eigenvalue weighted by molar-refractivity contribution is 6.15. The van der Waals surface area contributed by atoms with Crippen LogP contribution in [-0.2, 0) is 9.59 Å². The lowest BCUT2D eigenvalue weighted by Crippen LogP contribution is -2.40. The Bertz CT molecular complexity index is 954. The summed E-state index contributed by atoms with van der Waals surface area (Å²) in [6.45, 7) is 1.18. The van der Waals surface area contributed by atoms with Crippen molar-refractivity contribution in [2.75, 3.05) is 13.1 Å². The standard InChI is InChI=1S/C21H15F4NO2/c1-12(27)26-10-15(6-13-2-4-17(22)8-19(13)24)21(28)16(11-26)7-14-3-5-18(23)9-20(14)25/h2-9H,10-11H2,1H3/b15-6-,16-7+. The van der Waals surface area contributed by atoms with E-state index in [9.17, 15) is 27.2 Å². The van der Waals surface area contributed by atoms with Crippen molar-refractivity contribution in [1.29, 1.82) is 0 Å². The molecule has 2 aromatic rings. The number of ketones is 1. The molecule has 0 radical (unpaired) electrons. The summed E-state index contributed by atoms with van der Waals surface area (Å²) in [4.78, 5) is 26.0. The Morgan fingerprint density at radius 1 is 0.857 bits per heavy atom. The van der Waals surface area contributed by atoms with E-state index >= 15 is 0 Å². The topological polar surface area (TPSA) is 37.4 Å². The smallest absolute Gasteiger partial charge is 0.220 e. The van der Waals surface area contributed by atoms with Gasteiger partial charge in [0.2, 0.25) is 5.91 Å². The summed E-state index contributed by atoms with van der Waals surface area (Å²) >= 11 is 0. The van der Waals surface area contributed by atoms with Gasteiger partial charge in [-0.3, -0.25) is 9.59 Å². The lowest BCUT2D eigenvalue weighted by molar-refractivity contribution is -0.129. The van der Waals surface area contributed by atoms with Crippen LogP contribution in [0.15, 0.2) is 47.5 Å². The fourth-order valence-corrected chi connectivity index (χ4v) is 2.87. The molecule has 2 aromatic carbocycles. The Morgan fingerprint density at radius 2 is 1.29 bits per heavy atom. The molecule has 1 amide bonds. The molecule has 28 heavy (non-hydrogen) atoms. The highest BCUT2D eigenvalue weighted by Gasteiger charge is 2.28. The van der Waals surface area contributed by atoms with Crippen LogP contribution in [0.25, 0.3) is 12.2 Å². The van der Waals surface area contributed by atoms with Crippen LogP contribution in [-0.4, -0.2) is 29.7 Å². The average Bonchev–Trinajstić information content (AvgIpc) is 2.62. The van der Waals surface area contributed by atoms with Crippen LogP contribution in [0.2, 0.25) is 0 Å². The van der Waals surface area contributed by atoms with Crippen molar-refractivity contribution < 1.29 is 27.2 Å². The van der Waals surface area contributed by atoms with E-state index in [1.165, 1.54) is 36.1 Å². The molecular formula is C21H15F4NO2. The van der Waals surface area contributed by atoms with Crippen LogP contribution in [0.1, 0.15) is 18.1 Å². The molecule has 7 heteroatoms. The second-order valence-electron chi connectivity index (χ2n) is 6.38. The van der Waals surface area contributed by atoms with Gasteiger partial charge in [0.1, 0.15) is 23.3 Å². The van der Waals surface area contributed by atoms with E-state index in [0.29, 0.717) is 12.1 Å². The molecule has 0 aromatic heterocycles. The van der Waals surface area contributed by atoms with Crippen LogP contribution < -0.4 is 0 Å². The number of piperidine rings is 1. The largest absolute Gasteiger partial charge is 0.334 e. The average molecular weight is 389 g/mol. The van der Waals surface area contributed by atoms with E-state index in [4.69, 9.17) is 0 Å². The van der Waals surface area contributed by atoms with Gasteiger partial charge in [0.05, 0.1) is 0 Å². The number of amides is 1. The van der Waals surface area contributed by atoms with Crippen molar-refractivity contribution >= 4 is 23.8 Å². The summed E-state index contributed by atoms with van der Waals surface area (Å²) in [6, 6.07) is 5.84. The highest BCUT2D eigenvalue weighted by Crippen LogP contribution is 2.24. The Morgan fingerprint density at radius 3 is 1.64 bits per heavy atom. The molecule has 0 spiro atoms. The lowest BCUT2D eigenvalue weighted by Gasteiger charge is -2.29. The Balaban J connectivity index is 2.04. The molecule has 1 heterocycles. The fourth-order valence-electron chi connectivity index (χ4n) is 2.87. The summed E-state index contributed by atoms with van der Waals surface area (Å²) in [5.74, 6) is -4.04. The molecule has 0 aliphatic carbocycles. The molecule has 144 valence electrons. The summed E-state index contributed by atoms with van der Waals surface area (Å²) in [6.07, 6.45) is 2.47. The maximum Gasteiger partial charge on any atom is 0.220 e. The molecule has 3 rings (SSSR count). The number of nitrogens with zero attached hydrogens (tertiary/aromatic N) is 1. The van der Waals surface area contributed by atoms with Gasteiger partial charge in [-0.25, -0.2) is 17.6 Å². The van der Waals surface area contributed by atoms with E-state index in [1.54, 1.807) is 0 Å². The first-order chi connectivity index (χ1) is 13.2. The Hall–Kier alpha value is -3.22. The van der Waals surface area contributed by atoms with Crippen LogP contribution >= 0.6 is 0 Å². The van der Waals surface area contributed by atoms with Gasteiger partial charge in [-0.15, -0.1) is 0 Å². The minimum Gasteiger partial charge on any atom is -0.334 e. The zero-order chi connectivity index (χ0) is 20.4. The molecule has 0 N–H and O–H groups in total. The van der Waals surface area contributed by atoms with E-state index < -0.39 is 29.1 Å². The lowest BCUT2D eigenvalue weighted by atomic mass is 9.94. The van der Waals surface area contributed by atoms with Crippen molar-refractivity contribution in [3.05, 3.63) is 81.9 Å². The molecular weight excluding hydrogens is 374 g/mol. The molecule has 1 fully saturated rings. The maximum absolute atomic E-state index is 13.9. The van der Waals surface area contributed by atoms with Crippen LogP contribution in [0.5, 0.6) is 0 Å². The summed E-state index contributed by atoms with van der Waals surface area (Å²) in [5.41, 5.74) is 0.173. The molecule has 0 atom stereocenters. The minimum absolute atomic E-state index is 0.0116. The molecule has 3 nitrogen and oxygen atoms in total. The van der Waals surface area contributed by atoms with Gasteiger partial charge in [-0.2, -0.15) is 0 Å². The van der Waals surface area contributed by atoms with Gasteiger partial charge in [0.25, 0.3) is 0 Å². The zero-order valence-electron chi connectivity index (χ0n) is 14.8. The van der Waals surface area contributed by atoms with Gasteiger partial charge in [-0.05, 0) is 36.4 Å². The van der Waals surface area contributed by atoms with E-state index in [2.05, 4.69) is 0 Å². The maximum atomic E-state index is 13.9. The zero-order valence-corrected chi connectivity index (χ0v) is 14.8. The van der Waals surface area contributed by atoms with Gasteiger partial charge >= 0.3 is 0 Å². The number of likely N-dealkylation sites (tertiary alicyclic amines) is 1. The molecule has 1 aliphatic rings. The number of carbonyl (C=O) groups excluding carboxylic acids is 2. The summed E-state index contributed by atoms with van der Waals surface area (Å²) < 4.78 is 54.1. The van der Waals surface area contributed by atoms with Gasteiger partial charge in [0, 0.05) is 54.4 Å². The SMILES string of the molecule is CC(=O)N1C/C(=C/c2ccc(F)cc2F)C(=O)/C(=C/c2ccc(F)cc2F)C1. The van der Waals surface area contributed by atoms with Crippen molar-refractivity contribution in [1.82, 2.24) is 4.90 Å². The first kappa shape index (κ1) is 19.5. The van der Waals surface area contributed by atoms with E-state index in [0.717, 1.165) is 12.1 Å². The number of rotatable bonds is 2. The quantitative estimate of drug-likeness (QED) is 0.572. The third-order valence-corrected chi connectivity index (χ3v) is 4.34. The monoisotopic (exact) mass is 389 g/mol. The first-order valence-electron chi connectivity index (χ1n) is 8.36. The number of halogens is 4. The predicted molar refractivity (Wildman–Crippen MR) is 95.9 cm³/mol. The summed E-state index contributed by atoms with van der Waals surface area (Å²) in [5, 5.41) is 0. The predicted octanol–water partition coefficient (Wildman–Crippen LogP) is 4.14. The van der Waals surface area contributed by atoms with E-state index in [1.807, 2.05) is 0 Å². The van der Waals surface area contributed by atoms with Gasteiger partial charge in [-0.1, -0.05) is 0 Å². The Labute approximate surface area is 158 Å². The van der Waals surface area contributed by atoms with Gasteiger partial charge < -0.3 is 4.90 Å². The third-order valence-electron chi connectivity index (χ3n) is 4.34. The highest BCUT2D eigenvalue weighted by atomic mass is 19.1. The van der Waals surface area contributed by atoms with Crippen LogP contribution in [0, 0.1) is 23.3 Å². The second-order valence-corrected chi connectivity index (χ2v) is 6.38. The van der Waals surface area contributed by atoms with Gasteiger partial charge in [0.15, 0.2) is 5.78 Å². The van der Waals surface area contributed by atoms with E-state index in [-0.39, 0.29) is 41.3 Å². The molecule has 0 bridgehead atoms. The normalized spacial score (nSPS) is 17.5. The second kappa shape index (κ2) is 7.80. The fraction of sp³-hybridized carbons (Fsp3) is 0.143. The number of Topliss-reactive ketones (excluding diaryl/α,β-unsaturated/α-hetero) is 1. The van der Waals surface area contributed by atoms with Crippen LogP contribution in [0.4, 0.5) is 17.6 Å². The minimum atomic E-state index is -0.852. The van der Waals surface area contributed by atoms with Crippen LogP contribution in [0.3, 0.4) is 0 Å². The third kappa shape index (κ3) is 4.19. The molecule has 0 saturated carbocycles. The molecule has 1 saturated heterocycles. The molecule has 1 aliphatic heterocycles. The van der Waals surface area contributed by atoms with Crippen molar-refractivity contribution in [2.24, 2.45) is 0 Å². The number of benzene rings is 2.